The second-order valence-electron chi connectivity index (χ2n) is 8.30. The summed E-state index contributed by atoms with van der Waals surface area (Å²) in [5.74, 6) is -0.498. The Kier molecular flexibility index (Phi) is 4.73. The van der Waals surface area contributed by atoms with Gasteiger partial charge in [0.05, 0.1) is 6.20 Å². The smallest absolute Gasteiger partial charge is 0.255 e. The monoisotopic (exact) mass is 448 g/mol. The number of hydrogen-bond donors (Lipinski definition) is 2. The van der Waals surface area contributed by atoms with Crippen LogP contribution in [0.25, 0.3) is 22.0 Å². The van der Waals surface area contributed by atoms with E-state index in [0.717, 1.165) is 33.2 Å². The first-order chi connectivity index (χ1) is 16.7. The summed E-state index contributed by atoms with van der Waals surface area (Å²) < 4.78 is 4.83. The average Bonchev–Trinajstić information content (AvgIpc) is 3.61. The number of anilines is 1. The minimum Gasteiger partial charge on any atom is -0.363 e. The molecule has 7 heteroatoms. The molecule has 0 bridgehead atoms. The summed E-state index contributed by atoms with van der Waals surface area (Å²) in [6, 6.07) is 22.6. The summed E-state index contributed by atoms with van der Waals surface area (Å²) in [6.07, 6.45) is 4.69. The van der Waals surface area contributed by atoms with E-state index >= 15 is 0 Å². The Balaban J connectivity index is 1.35. The molecule has 0 aliphatic carbocycles. The molecule has 0 fully saturated rings. The third-order valence-electron chi connectivity index (χ3n) is 6.20. The molecule has 5 aromatic rings. The van der Waals surface area contributed by atoms with Crippen LogP contribution < -0.4 is 5.32 Å². The minimum atomic E-state index is -0.796. The summed E-state index contributed by atoms with van der Waals surface area (Å²) in [4.78, 5) is 31.7. The lowest BCUT2D eigenvalue weighted by Crippen LogP contribution is -2.37. The van der Waals surface area contributed by atoms with E-state index in [1.165, 1.54) is 12.5 Å². The van der Waals surface area contributed by atoms with Gasteiger partial charge in [0, 0.05) is 23.8 Å². The first-order valence-electron chi connectivity index (χ1n) is 10.9. The van der Waals surface area contributed by atoms with Crippen LogP contribution in [0, 0.1) is 0 Å². The molecule has 2 N–H and O–H groups in total. The molecule has 3 heterocycles. The molecule has 0 unspecified atom stereocenters. The van der Waals surface area contributed by atoms with E-state index in [1.807, 2.05) is 72.9 Å². The summed E-state index contributed by atoms with van der Waals surface area (Å²) in [5, 5.41) is 7.55. The number of amides is 2. The molecule has 6 rings (SSSR count). The number of carbonyl (C=O) groups excluding carboxylic acids is 2. The van der Waals surface area contributed by atoms with Gasteiger partial charge in [-0.05, 0) is 51.9 Å². The SMILES string of the molecule is O=C(Nc1cnoc1)[C@@H](c1ccccc1)N1Cc2ccc(-c3ccc4[nH]ccc4c3)cc2C1=O. The van der Waals surface area contributed by atoms with E-state index < -0.39 is 6.04 Å². The number of aromatic nitrogens is 2. The fraction of sp³-hybridized carbons (Fsp3) is 0.0741. The van der Waals surface area contributed by atoms with E-state index in [-0.39, 0.29) is 11.8 Å². The molecular weight excluding hydrogens is 428 g/mol. The molecule has 7 nitrogen and oxygen atoms in total. The maximum absolute atomic E-state index is 13.6. The summed E-state index contributed by atoms with van der Waals surface area (Å²) >= 11 is 0. The highest BCUT2D eigenvalue weighted by Crippen LogP contribution is 2.35. The summed E-state index contributed by atoms with van der Waals surface area (Å²) in [6.45, 7) is 0.349. The quantitative estimate of drug-likeness (QED) is 0.389. The highest BCUT2D eigenvalue weighted by molar-refractivity contribution is 6.04. The third kappa shape index (κ3) is 3.44. The highest BCUT2D eigenvalue weighted by Gasteiger charge is 2.37. The van der Waals surface area contributed by atoms with E-state index in [1.54, 1.807) is 4.90 Å². The molecule has 0 spiro atoms. The number of rotatable bonds is 5. The number of nitrogens with zero attached hydrogens (tertiary/aromatic N) is 2. The van der Waals surface area contributed by atoms with Crippen molar-refractivity contribution in [2.75, 3.05) is 5.32 Å². The van der Waals surface area contributed by atoms with Crippen LogP contribution in [-0.4, -0.2) is 26.9 Å². The van der Waals surface area contributed by atoms with Crippen molar-refractivity contribution < 1.29 is 14.1 Å². The molecule has 0 saturated carbocycles. The van der Waals surface area contributed by atoms with Gasteiger partial charge >= 0.3 is 0 Å². The van der Waals surface area contributed by atoms with Crippen LogP contribution in [0.5, 0.6) is 0 Å². The number of nitrogens with one attached hydrogen (secondary N) is 2. The molecule has 2 amide bonds. The Bertz CT molecular complexity index is 1510. The topological polar surface area (TPSA) is 91.2 Å². The van der Waals surface area contributed by atoms with Crippen molar-refractivity contribution >= 4 is 28.4 Å². The number of aromatic amines is 1. The van der Waals surface area contributed by atoms with Gasteiger partial charge in [0.25, 0.3) is 11.8 Å². The van der Waals surface area contributed by atoms with Gasteiger partial charge in [-0.3, -0.25) is 9.59 Å². The van der Waals surface area contributed by atoms with Crippen LogP contribution >= 0.6 is 0 Å². The predicted molar refractivity (Wildman–Crippen MR) is 128 cm³/mol. The predicted octanol–water partition coefficient (Wildman–Crippen LogP) is 5.16. The third-order valence-corrected chi connectivity index (χ3v) is 6.20. The number of benzene rings is 3. The van der Waals surface area contributed by atoms with E-state index in [9.17, 15) is 9.59 Å². The standard InChI is InChI=1S/C27H20N4O3/c32-26(30-22-14-29-34-16-22)25(17-4-2-1-3-5-17)31-15-21-7-6-19(13-23(21)27(31)33)18-8-9-24-20(12-18)10-11-28-24/h1-14,16,25,28H,15H2,(H,30,32)/t25-/m1/s1. The Morgan fingerprint density at radius 2 is 1.85 bits per heavy atom. The first kappa shape index (κ1) is 20.0. The van der Waals surface area contributed by atoms with Crippen molar-refractivity contribution in [3.05, 3.63) is 108 Å². The maximum atomic E-state index is 13.6. The lowest BCUT2D eigenvalue weighted by molar-refractivity contribution is -0.120. The van der Waals surface area contributed by atoms with Gasteiger partial charge in [0.1, 0.15) is 18.0 Å². The normalized spacial score (nSPS) is 13.8. The maximum Gasteiger partial charge on any atom is 0.255 e. The zero-order chi connectivity index (χ0) is 23.1. The Morgan fingerprint density at radius 1 is 1.03 bits per heavy atom. The van der Waals surface area contributed by atoms with Gasteiger partial charge in [0.15, 0.2) is 0 Å². The van der Waals surface area contributed by atoms with Crippen LogP contribution in [0.2, 0.25) is 0 Å². The van der Waals surface area contributed by atoms with E-state index in [2.05, 4.69) is 21.5 Å². The summed E-state index contributed by atoms with van der Waals surface area (Å²) in [5.41, 5.74) is 5.75. The largest absolute Gasteiger partial charge is 0.363 e. The van der Waals surface area contributed by atoms with Gasteiger partial charge in [0.2, 0.25) is 0 Å². The van der Waals surface area contributed by atoms with Crippen molar-refractivity contribution in [2.45, 2.75) is 12.6 Å². The Labute approximate surface area is 195 Å². The molecule has 2 aromatic heterocycles. The number of fused-ring (bicyclic) bond motifs is 2. The average molecular weight is 448 g/mol. The van der Waals surface area contributed by atoms with Crippen molar-refractivity contribution in [1.82, 2.24) is 15.0 Å². The molecule has 1 aliphatic heterocycles. The minimum absolute atomic E-state index is 0.172. The zero-order valence-corrected chi connectivity index (χ0v) is 18.1. The van der Waals surface area contributed by atoms with E-state index in [0.29, 0.717) is 17.8 Å². The molecule has 0 radical (unpaired) electrons. The highest BCUT2D eigenvalue weighted by atomic mass is 16.5. The van der Waals surface area contributed by atoms with Gasteiger partial charge in [-0.15, -0.1) is 0 Å². The van der Waals surface area contributed by atoms with Crippen LogP contribution in [0.4, 0.5) is 5.69 Å². The van der Waals surface area contributed by atoms with Crippen LogP contribution in [-0.2, 0) is 11.3 Å². The van der Waals surface area contributed by atoms with Crippen molar-refractivity contribution in [3.8, 4) is 11.1 Å². The molecule has 3 aromatic carbocycles. The zero-order valence-electron chi connectivity index (χ0n) is 18.1. The van der Waals surface area contributed by atoms with Crippen molar-refractivity contribution in [3.63, 3.8) is 0 Å². The van der Waals surface area contributed by atoms with Crippen LogP contribution in [0.3, 0.4) is 0 Å². The number of carbonyl (C=O) groups is 2. The lowest BCUT2D eigenvalue weighted by Gasteiger charge is -2.27. The fourth-order valence-electron chi connectivity index (χ4n) is 4.53. The van der Waals surface area contributed by atoms with Gasteiger partial charge < -0.3 is 19.7 Å². The number of hydrogen-bond acceptors (Lipinski definition) is 4. The van der Waals surface area contributed by atoms with Crippen molar-refractivity contribution in [2.24, 2.45) is 0 Å². The van der Waals surface area contributed by atoms with Gasteiger partial charge in [-0.2, -0.15) is 0 Å². The number of H-pyrrole nitrogens is 1. The fourth-order valence-corrected chi connectivity index (χ4v) is 4.53. The molecular formula is C27H20N4O3. The lowest BCUT2D eigenvalue weighted by atomic mass is 9.99. The van der Waals surface area contributed by atoms with Crippen LogP contribution in [0.1, 0.15) is 27.5 Å². The molecule has 1 atom stereocenters. The molecule has 1 aliphatic rings. The summed E-state index contributed by atoms with van der Waals surface area (Å²) in [7, 11) is 0. The van der Waals surface area contributed by atoms with Gasteiger partial charge in [-0.1, -0.05) is 53.7 Å². The first-order valence-corrected chi connectivity index (χ1v) is 10.9. The second-order valence-corrected chi connectivity index (χ2v) is 8.30. The molecule has 166 valence electrons. The van der Waals surface area contributed by atoms with E-state index in [4.69, 9.17) is 4.52 Å². The second kappa shape index (κ2) is 8.04. The molecule has 34 heavy (non-hydrogen) atoms. The molecule has 0 saturated heterocycles. The van der Waals surface area contributed by atoms with Gasteiger partial charge in [-0.25, -0.2) is 0 Å². The Hall–Kier alpha value is -4.65. The van der Waals surface area contributed by atoms with Crippen LogP contribution in [0.15, 0.2) is 96.0 Å². The van der Waals surface area contributed by atoms with Crippen molar-refractivity contribution in [1.29, 1.82) is 0 Å². The Morgan fingerprint density at radius 3 is 2.68 bits per heavy atom.